The van der Waals surface area contributed by atoms with E-state index in [4.69, 9.17) is 4.74 Å². The summed E-state index contributed by atoms with van der Waals surface area (Å²) in [4.78, 5) is 11.3. The first-order valence-corrected chi connectivity index (χ1v) is 12.4. The van der Waals surface area contributed by atoms with Crippen LogP contribution in [0.1, 0.15) is 27.8 Å². The second-order valence-corrected chi connectivity index (χ2v) is 9.97. The van der Waals surface area contributed by atoms with E-state index in [9.17, 15) is 14.5 Å². The predicted octanol–water partition coefficient (Wildman–Crippen LogP) is 6.47. The first-order chi connectivity index (χ1) is 16.8. The van der Waals surface area contributed by atoms with Gasteiger partial charge in [-0.2, -0.15) is 0 Å². The summed E-state index contributed by atoms with van der Waals surface area (Å²) >= 11 is 4.70. The van der Waals surface area contributed by atoms with E-state index in [0.717, 1.165) is 15.7 Å². The third-order valence-electron chi connectivity index (χ3n) is 5.28. The molecule has 1 heterocycles. The Bertz CT molecular complexity index is 1360. The Morgan fingerprint density at radius 3 is 2.66 bits per heavy atom. The van der Waals surface area contributed by atoms with Gasteiger partial charge in [-0.05, 0) is 55.8 Å². The zero-order chi connectivity index (χ0) is 24.9. The summed E-state index contributed by atoms with van der Waals surface area (Å²) in [6.45, 7) is 3.46. The predicted molar refractivity (Wildman–Crippen MR) is 136 cm³/mol. The van der Waals surface area contributed by atoms with Crippen LogP contribution in [0.4, 0.5) is 4.39 Å². The third-order valence-corrected chi connectivity index (χ3v) is 6.93. The van der Waals surface area contributed by atoms with Gasteiger partial charge in [0.2, 0.25) is 6.54 Å². The normalized spacial score (nSPS) is 11.9. The zero-order valence-corrected chi connectivity index (χ0v) is 21.4. The maximum absolute atomic E-state index is 14.1. The molecule has 0 amide bonds. The van der Waals surface area contributed by atoms with Gasteiger partial charge in [-0.1, -0.05) is 58.0 Å². The molecular formula is C25H22BrFN4O3S. The third kappa shape index (κ3) is 6.07. The first-order valence-electron chi connectivity index (χ1n) is 10.7. The number of hydrogen-bond acceptors (Lipinski definition) is 6. The molecule has 0 N–H and O–H groups in total. The van der Waals surface area contributed by atoms with Crippen LogP contribution in [0.15, 0.2) is 76.4 Å². The summed E-state index contributed by atoms with van der Waals surface area (Å²) in [6.07, 6.45) is 0. The van der Waals surface area contributed by atoms with Gasteiger partial charge in [-0.15, -0.1) is 10.2 Å². The van der Waals surface area contributed by atoms with Crippen molar-refractivity contribution in [1.82, 2.24) is 14.8 Å². The highest BCUT2D eigenvalue weighted by Gasteiger charge is 2.27. The molecule has 0 saturated carbocycles. The number of rotatable bonds is 9. The van der Waals surface area contributed by atoms with Crippen LogP contribution in [0.2, 0.25) is 0 Å². The minimum atomic E-state index is -0.634. The lowest BCUT2D eigenvalue weighted by Crippen LogP contribution is -2.13. The molecule has 7 nitrogen and oxygen atoms in total. The zero-order valence-electron chi connectivity index (χ0n) is 19.0. The number of halogens is 2. The molecular weight excluding hydrogens is 535 g/mol. The molecule has 0 saturated heterocycles. The molecule has 1 aromatic heterocycles. The number of thioether (sulfide) groups is 1. The molecule has 10 heteroatoms. The number of nitro groups is 1. The SMILES string of the molecule is Cc1cccc(-n2c(C)nnc2S[C@@H](C[N+](=O)[O-])c2cc(Br)ccc2OCc2ccccc2F)c1. The molecule has 3 aromatic carbocycles. The highest BCUT2D eigenvalue weighted by atomic mass is 79.9. The van der Waals surface area contributed by atoms with Crippen LogP contribution in [0.5, 0.6) is 5.75 Å². The Labute approximate surface area is 214 Å². The molecule has 4 aromatic rings. The van der Waals surface area contributed by atoms with Gasteiger partial charge in [-0.25, -0.2) is 4.39 Å². The minimum absolute atomic E-state index is 0.00423. The van der Waals surface area contributed by atoms with E-state index in [1.165, 1.54) is 17.8 Å². The van der Waals surface area contributed by atoms with Crippen molar-refractivity contribution in [3.8, 4) is 11.4 Å². The molecule has 0 unspecified atom stereocenters. The van der Waals surface area contributed by atoms with Gasteiger partial charge in [0.15, 0.2) is 5.16 Å². The highest BCUT2D eigenvalue weighted by molar-refractivity contribution is 9.10. The average molecular weight is 557 g/mol. The van der Waals surface area contributed by atoms with Crippen molar-refractivity contribution in [2.45, 2.75) is 30.9 Å². The molecule has 0 aliphatic rings. The fraction of sp³-hybridized carbons (Fsp3) is 0.200. The lowest BCUT2D eigenvalue weighted by atomic mass is 10.1. The molecule has 0 radical (unpaired) electrons. The van der Waals surface area contributed by atoms with E-state index >= 15 is 0 Å². The number of aryl methyl sites for hydroxylation is 2. The van der Waals surface area contributed by atoms with Gasteiger partial charge in [0.1, 0.15) is 29.2 Å². The Kier molecular flexibility index (Phi) is 7.82. The van der Waals surface area contributed by atoms with Crippen molar-refractivity contribution in [1.29, 1.82) is 0 Å². The highest BCUT2D eigenvalue weighted by Crippen LogP contribution is 2.41. The van der Waals surface area contributed by atoms with Gasteiger partial charge >= 0.3 is 0 Å². The summed E-state index contributed by atoms with van der Waals surface area (Å²) in [5.74, 6) is 0.737. The number of aromatic nitrogens is 3. The Balaban J connectivity index is 1.69. The van der Waals surface area contributed by atoms with E-state index < -0.39 is 5.25 Å². The average Bonchev–Trinajstić information content (AvgIpc) is 3.18. The molecule has 0 bridgehead atoms. The molecule has 1 atom stereocenters. The van der Waals surface area contributed by atoms with E-state index in [1.807, 2.05) is 42.7 Å². The topological polar surface area (TPSA) is 83.1 Å². The summed E-state index contributed by atoms with van der Waals surface area (Å²) in [6, 6.07) is 19.5. The van der Waals surface area contributed by atoms with Crippen molar-refractivity contribution >= 4 is 27.7 Å². The second-order valence-electron chi connectivity index (χ2n) is 7.89. The summed E-state index contributed by atoms with van der Waals surface area (Å²) in [7, 11) is 0. The molecule has 180 valence electrons. The van der Waals surface area contributed by atoms with E-state index in [1.54, 1.807) is 36.4 Å². The van der Waals surface area contributed by atoms with E-state index in [-0.39, 0.29) is 23.9 Å². The number of nitrogens with zero attached hydrogens (tertiary/aromatic N) is 4. The van der Waals surface area contributed by atoms with Crippen molar-refractivity contribution in [2.75, 3.05) is 6.54 Å². The maximum Gasteiger partial charge on any atom is 0.220 e. The van der Waals surface area contributed by atoms with Gasteiger partial charge < -0.3 is 4.74 Å². The first kappa shape index (κ1) is 24.9. The van der Waals surface area contributed by atoms with Gasteiger partial charge in [0, 0.05) is 26.2 Å². The van der Waals surface area contributed by atoms with Crippen LogP contribution in [0, 0.1) is 29.8 Å². The van der Waals surface area contributed by atoms with Crippen molar-refractivity contribution < 1.29 is 14.1 Å². The Hall–Kier alpha value is -3.24. The van der Waals surface area contributed by atoms with Crippen LogP contribution < -0.4 is 4.74 Å². The quantitative estimate of drug-likeness (QED) is 0.133. The molecule has 4 rings (SSSR count). The van der Waals surface area contributed by atoms with E-state index in [0.29, 0.717) is 27.9 Å². The van der Waals surface area contributed by atoms with Gasteiger partial charge in [-0.3, -0.25) is 14.7 Å². The smallest absolute Gasteiger partial charge is 0.220 e. The number of ether oxygens (including phenoxy) is 1. The fourth-order valence-corrected chi connectivity index (χ4v) is 5.19. The van der Waals surface area contributed by atoms with Gasteiger partial charge in [0.05, 0.1) is 0 Å². The molecule has 35 heavy (non-hydrogen) atoms. The second kappa shape index (κ2) is 11.0. The summed E-state index contributed by atoms with van der Waals surface area (Å²) in [5.41, 5.74) is 2.95. The van der Waals surface area contributed by atoms with Crippen molar-refractivity contribution in [2.24, 2.45) is 0 Å². The standard InChI is InChI=1S/C25H22BrFN4O3S/c1-16-6-5-8-20(12-16)31-17(2)28-29-25(31)35-24(14-30(32)33)21-13-19(26)10-11-23(21)34-15-18-7-3-4-9-22(18)27/h3-13,24H,14-15H2,1-2H3/t24-/m0/s1. The Morgan fingerprint density at radius 1 is 1.11 bits per heavy atom. The molecule has 0 spiro atoms. The molecule has 0 aliphatic heterocycles. The van der Waals surface area contributed by atoms with Crippen LogP contribution >= 0.6 is 27.7 Å². The van der Waals surface area contributed by atoms with Crippen LogP contribution in [0.3, 0.4) is 0 Å². The Morgan fingerprint density at radius 2 is 1.91 bits per heavy atom. The monoisotopic (exact) mass is 556 g/mol. The maximum atomic E-state index is 14.1. The largest absolute Gasteiger partial charge is 0.488 e. The van der Waals surface area contributed by atoms with Crippen LogP contribution in [-0.4, -0.2) is 26.2 Å². The van der Waals surface area contributed by atoms with Crippen LogP contribution in [-0.2, 0) is 6.61 Å². The summed E-state index contributed by atoms with van der Waals surface area (Å²) in [5, 5.41) is 20.1. The number of benzene rings is 3. The lowest BCUT2D eigenvalue weighted by molar-refractivity contribution is -0.479. The number of hydrogen-bond donors (Lipinski definition) is 0. The van der Waals surface area contributed by atoms with Crippen molar-refractivity contribution in [3.05, 3.63) is 110 Å². The van der Waals surface area contributed by atoms with Crippen molar-refractivity contribution in [3.63, 3.8) is 0 Å². The molecule has 0 aliphatic carbocycles. The van der Waals surface area contributed by atoms with Crippen LogP contribution in [0.25, 0.3) is 5.69 Å². The minimum Gasteiger partial charge on any atom is -0.488 e. The van der Waals surface area contributed by atoms with E-state index in [2.05, 4.69) is 26.1 Å². The lowest BCUT2D eigenvalue weighted by Gasteiger charge is -2.18. The van der Waals surface area contributed by atoms with Gasteiger partial charge in [0.25, 0.3) is 0 Å². The fourth-order valence-electron chi connectivity index (χ4n) is 3.62. The summed E-state index contributed by atoms with van der Waals surface area (Å²) < 4.78 is 22.7. The molecule has 0 fully saturated rings.